The van der Waals surface area contributed by atoms with E-state index in [0.29, 0.717) is 48.5 Å². The highest BCUT2D eigenvalue weighted by Gasteiger charge is 2.21. The molecule has 0 atom stereocenters. The third-order valence-corrected chi connectivity index (χ3v) is 17.5. The minimum absolute atomic E-state index is 0.0513. The first kappa shape index (κ1) is 76.9. The Hall–Kier alpha value is -8.46. The van der Waals surface area contributed by atoms with Crippen molar-refractivity contribution < 1.29 is 61.1 Å². The summed E-state index contributed by atoms with van der Waals surface area (Å²) in [6, 6.07) is 26.6. The molecule has 13 nitrogen and oxygen atoms in total. The van der Waals surface area contributed by atoms with Crippen LogP contribution in [0.4, 0.5) is 8.78 Å². The minimum Gasteiger partial charge on any atom is -0.493 e. The lowest BCUT2D eigenvalue weighted by atomic mass is 10.0. The van der Waals surface area contributed by atoms with Crippen LogP contribution in [0.5, 0.6) is 40.2 Å². The van der Waals surface area contributed by atoms with Gasteiger partial charge >= 0.3 is 23.9 Å². The minimum atomic E-state index is -0.903. The fourth-order valence-electron chi connectivity index (χ4n) is 11.9. The van der Waals surface area contributed by atoms with Crippen molar-refractivity contribution >= 4 is 23.9 Å². The standard InChI is InChI=1S/C83H104F2N2O11/c1-7-10-13-16-19-22-25-28-31-34-49-92-77-55-66(54-62(6)79(77)94-51-36-33-30-27-24-21-18-15-12-9-3)83(91)98-70-45-41-68(42-46-70)96-81(89)64-38-48-76(87-59-64)72-56-71(73(84)57-74(72)85)75-47-37-63(58-86-75)80(88)95-67-39-43-69(44-40-67)97-82(90)65-52-60(4)78(61(5)53-65)93-50-35-32-29-26-23-20-17-14-11-8-2/h37-48,52-59H,7-36,49-51H2,1-6H3. The summed E-state index contributed by atoms with van der Waals surface area (Å²) in [4.78, 5) is 62.0. The monoisotopic (exact) mass is 1340 g/mol. The molecule has 0 bridgehead atoms. The summed E-state index contributed by atoms with van der Waals surface area (Å²) < 4.78 is 72.3. The van der Waals surface area contributed by atoms with Crippen molar-refractivity contribution in [3.63, 3.8) is 0 Å². The van der Waals surface area contributed by atoms with Gasteiger partial charge in [-0.3, -0.25) is 9.97 Å². The number of pyridine rings is 2. The number of halogens is 2. The molecule has 0 saturated heterocycles. The van der Waals surface area contributed by atoms with Crippen molar-refractivity contribution in [1.82, 2.24) is 9.97 Å². The molecule has 0 spiro atoms. The van der Waals surface area contributed by atoms with Gasteiger partial charge in [0.25, 0.3) is 0 Å². The normalized spacial score (nSPS) is 11.1. The summed E-state index contributed by atoms with van der Waals surface area (Å²) in [5, 5.41) is 0. The summed E-state index contributed by atoms with van der Waals surface area (Å²) in [7, 11) is 0. The van der Waals surface area contributed by atoms with E-state index in [1.165, 1.54) is 239 Å². The van der Waals surface area contributed by atoms with Crippen LogP contribution in [0, 0.1) is 32.4 Å². The van der Waals surface area contributed by atoms with Crippen LogP contribution in [0.1, 0.15) is 272 Å². The van der Waals surface area contributed by atoms with Gasteiger partial charge in [0.2, 0.25) is 0 Å². The van der Waals surface area contributed by atoms with Crippen LogP contribution < -0.4 is 33.2 Å². The van der Waals surface area contributed by atoms with Crippen molar-refractivity contribution in [2.45, 2.75) is 234 Å². The van der Waals surface area contributed by atoms with Gasteiger partial charge in [-0.2, -0.15) is 0 Å². The summed E-state index contributed by atoms with van der Waals surface area (Å²) in [6.45, 7) is 14.1. The van der Waals surface area contributed by atoms with Crippen LogP contribution in [0.25, 0.3) is 22.5 Å². The van der Waals surface area contributed by atoms with E-state index >= 15 is 8.78 Å². The Kier molecular flexibility index (Phi) is 33.8. The van der Waals surface area contributed by atoms with Crippen molar-refractivity contribution in [3.05, 3.63) is 172 Å². The van der Waals surface area contributed by atoms with Crippen molar-refractivity contribution in [2.24, 2.45) is 0 Å². The molecule has 0 N–H and O–H groups in total. The maximum absolute atomic E-state index is 15.4. The van der Waals surface area contributed by atoms with E-state index in [9.17, 15) is 19.2 Å². The van der Waals surface area contributed by atoms with E-state index in [1.807, 2.05) is 20.8 Å². The first-order chi connectivity index (χ1) is 47.7. The second kappa shape index (κ2) is 43.1. The zero-order chi connectivity index (χ0) is 69.7. The molecular formula is C83H104F2N2O11. The molecular weight excluding hydrogens is 1240 g/mol. The Morgan fingerprint density at radius 3 is 0.929 bits per heavy atom. The van der Waals surface area contributed by atoms with E-state index < -0.39 is 35.5 Å². The van der Waals surface area contributed by atoms with Gasteiger partial charge in [0.15, 0.2) is 11.5 Å². The molecule has 5 aromatic carbocycles. The highest BCUT2D eigenvalue weighted by Crippen LogP contribution is 2.36. The average molecular weight is 1340 g/mol. The lowest BCUT2D eigenvalue weighted by Crippen LogP contribution is -2.11. The molecule has 7 aromatic rings. The molecule has 0 aliphatic rings. The number of aromatic nitrogens is 2. The predicted molar refractivity (Wildman–Crippen MR) is 385 cm³/mol. The maximum atomic E-state index is 15.4. The molecule has 2 aromatic heterocycles. The topological polar surface area (TPSA) is 159 Å². The number of hydrogen-bond acceptors (Lipinski definition) is 13. The van der Waals surface area contributed by atoms with Crippen LogP contribution in [0.15, 0.2) is 122 Å². The van der Waals surface area contributed by atoms with Gasteiger partial charge in [-0.25, -0.2) is 28.0 Å². The van der Waals surface area contributed by atoms with E-state index in [2.05, 4.69) is 30.7 Å². The summed E-state index contributed by atoms with van der Waals surface area (Å²) >= 11 is 0. The predicted octanol–water partition coefficient (Wildman–Crippen LogP) is 22.8. The fourth-order valence-corrected chi connectivity index (χ4v) is 11.9. The number of esters is 4. The molecule has 0 amide bonds. The Morgan fingerprint density at radius 2 is 0.602 bits per heavy atom. The number of hydrogen-bond donors (Lipinski definition) is 0. The van der Waals surface area contributed by atoms with Crippen LogP contribution in [0.3, 0.4) is 0 Å². The molecule has 0 fully saturated rings. The van der Waals surface area contributed by atoms with Gasteiger partial charge in [-0.1, -0.05) is 194 Å². The smallest absolute Gasteiger partial charge is 0.345 e. The molecule has 7 rings (SSSR count). The van der Waals surface area contributed by atoms with E-state index in [-0.39, 0.29) is 56.6 Å². The second-order valence-electron chi connectivity index (χ2n) is 25.8. The lowest BCUT2D eigenvalue weighted by molar-refractivity contribution is 0.0719. The molecule has 2 heterocycles. The Bertz CT molecular complexity index is 3530. The second-order valence-corrected chi connectivity index (χ2v) is 25.8. The van der Waals surface area contributed by atoms with Gasteiger partial charge < -0.3 is 33.2 Å². The molecule has 0 radical (unpaired) electrons. The van der Waals surface area contributed by atoms with Crippen LogP contribution in [-0.2, 0) is 0 Å². The van der Waals surface area contributed by atoms with Gasteiger partial charge in [0.05, 0.1) is 53.5 Å². The number of unbranched alkanes of at least 4 members (excludes halogenated alkanes) is 27. The molecule has 0 aliphatic carbocycles. The van der Waals surface area contributed by atoms with Crippen LogP contribution in [-0.4, -0.2) is 53.7 Å². The largest absolute Gasteiger partial charge is 0.493 e. The number of aryl methyl sites for hydroxylation is 3. The number of carbonyl (C=O) groups is 4. The van der Waals surface area contributed by atoms with Crippen molar-refractivity contribution in [3.8, 4) is 62.8 Å². The molecule has 15 heteroatoms. The highest BCUT2D eigenvalue weighted by molar-refractivity contribution is 5.94. The number of rotatable bonds is 46. The molecule has 0 saturated carbocycles. The lowest BCUT2D eigenvalue weighted by Gasteiger charge is -2.17. The average Bonchev–Trinajstić information content (AvgIpc) is 0.806. The highest BCUT2D eigenvalue weighted by atomic mass is 19.1. The molecule has 526 valence electrons. The van der Waals surface area contributed by atoms with Crippen molar-refractivity contribution in [2.75, 3.05) is 19.8 Å². The first-order valence-electron chi connectivity index (χ1n) is 36.4. The van der Waals surface area contributed by atoms with Crippen LogP contribution in [0.2, 0.25) is 0 Å². The Balaban J connectivity index is 0.873. The van der Waals surface area contributed by atoms with E-state index in [0.717, 1.165) is 67.4 Å². The van der Waals surface area contributed by atoms with Gasteiger partial charge in [-0.15, -0.1) is 0 Å². The number of benzene rings is 5. The zero-order valence-electron chi connectivity index (χ0n) is 59.0. The quantitative estimate of drug-likeness (QED) is 0.0202. The summed E-state index contributed by atoms with van der Waals surface area (Å²) in [5.74, 6) is -1.69. The Labute approximate surface area is 581 Å². The summed E-state index contributed by atoms with van der Waals surface area (Å²) in [6.07, 6.45) is 39.3. The zero-order valence-corrected chi connectivity index (χ0v) is 59.0. The van der Waals surface area contributed by atoms with Crippen LogP contribution >= 0.6 is 0 Å². The SMILES string of the molecule is CCCCCCCCCCCCOc1cc(C(=O)Oc2ccc(OC(=O)c3ccc(-c4cc(-c5ccc(C(=O)Oc6ccc(OC(=O)c7cc(C)c(OCCCCCCCCCCCC)c(C)c7)cc6)cn5)c(F)cc4F)nc3)cc2)cc(C)c1OCCCCCCCCCCCC. The fraction of sp³-hybridized carbons (Fsp3) is 0.470. The van der Waals surface area contributed by atoms with E-state index in [1.54, 1.807) is 24.3 Å². The first-order valence-corrected chi connectivity index (χ1v) is 36.4. The number of ether oxygens (including phenoxy) is 7. The van der Waals surface area contributed by atoms with Gasteiger partial charge in [-0.05, 0) is 160 Å². The maximum Gasteiger partial charge on any atom is 0.345 e. The molecule has 0 unspecified atom stereocenters. The van der Waals surface area contributed by atoms with Gasteiger partial charge in [0.1, 0.15) is 40.4 Å². The number of nitrogens with zero attached hydrogens (tertiary/aromatic N) is 2. The van der Waals surface area contributed by atoms with E-state index in [4.69, 9.17) is 33.2 Å². The van der Waals surface area contributed by atoms with Gasteiger partial charge in [0, 0.05) is 29.6 Å². The van der Waals surface area contributed by atoms with Crippen molar-refractivity contribution in [1.29, 1.82) is 0 Å². The summed E-state index contributed by atoms with van der Waals surface area (Å²) in [5.41, 5.74) is 3.32. The Morgan fingerprint density at radius 1 is 0.316 bits per heavy atom. The number of carbonyl (C=O) groups excluding carboxylic acids is 4. The third-order valence-electron chi connectivity index (χ3n) is 17.5. The molecule has 98 heavy (non-hydrogen) atoms. The molecule has 0 aliphatic heterocycles. The third kappa shape index (κ3) is 26.1.